The number of ketones is 1. The highest BCUT2D eigenvalue weighted by atomic mass is 16.5. The lowest BCUT2D eigenvalue weighted by atomic mass is 9.99. The Morgan fingerprint density at radius 3 is 2.46 bits per heavy atom. The van der Waals surface area contributed by atoms with Crippen LogP contribution in [0.5, 0.6) is 0 Å². The first kappa shape index (κ1) is 9.92. The second kappa shape index (κ2) is 2.96. The predicted octanol–water partition coefficient (Wildman–Crippen LogP) is 0.200. The largest absolute Gasteiger partial charge is 0.465 e. The molecule has 0 bridgehead atoms. The molecule has 13 heavy (non-hydrogen) atoms. The van der Waals surface area contributed by atoms with Crippen molar-refractivity contribution in [1.29, 1.82) is 0 Å². The first-order valence-electron chi connectivity index (χ1n) is 3.95. The van der Waals surface area contributed by atoms with Gasteiger partial charge < -0.3 is 9.84 Å². The number of aliphatic hydroxyl groups is 1. The summed E-state index contributed by atoms with van der Waals surface area (Å²) in [6.45, 7) is 3.08. The van der Waals surface area contributed by atoms with E-state index in [0.717, 1.165) is 0 Å². The number of esters is 1. The van der Waals surface area contributed by atoms with E-state index in [-0.39, 0.29) is 17.8 Å². The van der Waals surface area contributed by atoms with E-state index in [1.165, 1.54) is 14.0 Å². The lowest BCUT2D eigenvalue weighted by molar-refractivity contribution is -0.137. The van der Waals surface area contributed by atoms with E-state index in [1.54, 1.807) is 6.92 Å². The average molecular weight is 184 g/mol. The Hall–Kier alpha value is -1.16. The van der Waals surface area contributed by atoms with Crippen LogP contribution < -0.4 is 0 Å². The summed E-state index contributed by atoms with van der Waals surface area (Å²) < 4.78 is 4.44. The SMILES string of the molecule is COC(=O)C1=C(C)C(C)(O)CC1=O. The van der Waals surface area contributed by atoms with Crippen LogP contribution in [0.15, 0.2) is 11.1 Å². The second-order valence-corrected chi connectivity index (χ2v) is 3.37. The van der Waals surface area contributed by atoms with Crippen LogP contribution in [0.1, 0.15) is 20.3 Å². The molecule has 0 amide bonds. The summed E-state index contributed by atoms with van der Waals surface area (Å²) in [5.41, 5.74) is -0.808. The van der Waals surface area contributed by atoms with Crippen LogP contribution in [-0.4, -0.2) is 29.6 Å². The minimum Gasteiger partial charge on any atom is -0.465 e. The normalized spacial score (nSPS) is 28.2. The minimum absolute atomic E-state index is 0.00694. The quantitative estimate of drug-likeness (QED) is 0.467. The minimum atomic E-state index is -1.19. The lowest BCUT2D eigenvalue weighted by Gasteiger charge is -2.16. The zero-order chi connectivity index (χ0) is 10.2. The monoisotopic (exact) mass is 184 g/mol. The molecule has 0 saturated carbocycles. The van der Waals surface area contributed by atoms with Gasteiger partial charge in [-0.1, -0.05) is 0 Å². The van der Waals surface area contributed by atoms with Crippen LogP contribution in [-0.2, 0) is 14.3 Å². The van der Waals surface area contributed by atoms with Gasteiger partial charge in [0.15, 0.2) is 5.78 Å². The Bertz CT molecular complexity index is 299. The zero-order valence-corrected chi connectivity index (χ0v) is 7.88. The summed E-state index contributed by atoms with van der Waals surface area (Å²) in [5.74, 6) is -1.02. The molecule has 0 fully saturated rings. The molecule has 0 radical (unpaired) electrons. The summed E-state index contributed by atoms with van der Waals surface area (Å²) in [4.78, 5) is 22.4. The van der Waals surface area contributed by atoms with Gasteiger partial charge in [0, 0.05) is 6.42 Å². The van der Waals surface area contributed by atoms with E-state index in [2.05, 4.69) is 4.74 Å². The van der Waals surface area contributed by atoms with Gasteiger partial charge in [-0.3, -0.25) is 4.79 Å². The van der Waals surface area contributed by atoms with Crippen molar-refractivity contribution in [3.63, 3.8) is 0 Å². The number of hydrogen-bond acceptors (Lipinski definition) is 4. The van der Waals surface area contributed by atoms with E-state index in [0.29, 0.717) is 5.57 Å². The number of ether oxygens (including phenoxy) is 1. The van der Waals surface area contributed by atoms with Crippen molar-refractivity contribution in [2.24, 2.45) is 0 Å². The third kappa shape index (κ3) is 1.49. The molecule has 0 aromatic carbocycles. The van der Waals surface area contributed by atoms with Gasteiger partial charge >= 0.3 is 5.97 Å². The third-order valence-electron chi connectivity index (χ3n) is 2.36. The molecular formula is C9H12O4. The van der Waals surface area contributed by atoms with Crippen molar-refractivity contribution in [1.82, 2.24) is 0 Å². The molecular weight excluding hydrogens is 172 g/mol. The molecule has 0 aromatic heterocycles. The Kier molecular flexibility index (Phi) is 2.26. The summed E-state index contributed by atoms with van der Waals surface area (Å²) in [6, 6.07) is 0. The number of hydrogen-bond donors (Lipinski definition) is 1. The molecule has 4 nitrogen and oxygen atoms in total. The van der Waals surface area contributed by atoms with E-state index < -0.39 is 11.6 Å². The molecule has 0 heterocycles. The molecule has 0 aliphatic heterocycles. The van der Waals surface area contributed by atoms with E-state index in [1.807, 2.05) is 0 Å². The fraction of sp³-hybridized carbons (Fsp3) is 0.556. The van der Waals surface area contributed by atoms with E-state index >= 15 is 0 Å². The van der Waals surface area contributed by atoms with Crippen molar-refractivity contribution < 1.29 is 19.4 Å². The van der Waals surface area contributed by atoms with Crippen LogP contribution in [0.25, 0.3) is 0 Å². The highest BCUT2D eigenvalue weighted by molar-refractivity contribution is 6.20. The third-order valence-corrected chi connectivity index (χ3v) is 2.36. The number of carbonyl (C=O) groups excluding carboxylic acids is 2. The van der Waals surface area contributed by atoms with Crippen LogP contribution in [0.3, 0.4) is 0 Å². The standard InChI is InChI=1S/C9H12O4/c1-5-7(8(11)13-3)6(10)4-9(5,2)12/h12H,4H2,1-3H3. The van der Waals surface area contributed by atoms with Gasteiger partial charge in [0.2, 0.25) is 0 Å². The van der Waals surface area contributed by atoms with Gasteiger partial charge in [0.1, 0.15) is 5.57 Å². The van der Waals surface area contributed by atoms with Crippen LogP contribution in [0.2, 0.25) is 0 Å². The van der Waals surface area contributed by atoms with Gasteiger partial charge in [0.05, 0.1) is 12.7 Å². The molecule has 1 aliphatic carbocycles. The molecule has 0 saturated heterocycles. The van der Waals surface area contributed by atoms with E-state index in [4.69, 9.17) is 0 Å². The highest BCUT2D eigenvalue weighted by Crippen LogP contribution is 2.32. The topological polar surface area (TPSA) is 63.6 Å². The maximum absolute atomic E-state index is 11.3. The summed E-state index contributed by atoms with van der Waals surface area (Å²) in [6.07, 6.45) is -0.0384. The van der Waals surface area contributed by atoms with Crippen molar-refractivity contribution in [2.45, 2.75) is 25.9 Å². The van der Waals surface area contributed by atoms with E-state index in [9.17, 15) is 14.7 Å². The zero-order valence-electron chi connectivity index (χ0n) is 7.88. The van der Waals surface area contributed by atoms with Crippen molar-refractivity contribution >= 4 is 11.8 Å². The summed E-state index contributed by atoms with van der Waals surface area (Å²) in [5, 5.41) is 9.66. The number of methoxy groups -OCH3 is 1. The number of Topliss-reactive ketones (excluding diaryl/α,β-unsaturated/α-hetero) is 1. The predicted molar refractivity (Wildman–Crippen MR) is 45.0 cm³/mol. The smallest absolute Gasteiger partial charge is 0.341 e. The van der Waals surface area contributed by atoms with Gasteiger partial charge in [-0.05, 0) is 19.4 Å². The van der Waals surface area contributed by atoms with Gasteiger partial charge in [-0.25, -0.2) is 4.79 Å². The van der Waals surface area contributed by atoms with Crippen LogP contribution in [0, 0.1) is 0 Å². The molecule has 1 atom stereocenters. The Labute approximate surface area is 76.2 Å². The molecule has 72 valence electrons. The molecule has 1 rings (SSSR count). The average Bonchev–Trinajstić information content (AvgIpc) is 2.21. The first-order chi connectivity index (χ1) is 5.90. The van der Waals surface area contributed by atoms with Crippen LogP contribution in [0.4, 0.5) is 0 Å². The van der Waals surface area contributed by atoms with Gasteiger partial charge in [0.25, 0.3) is 0 Å². The molecule has 1 aliphatic rings. The Morgan fingerprint density at radius 2 is 2.15 bits per heavy atom. The molecule has 1 N–H and O–H groups in total. The van der Waals surface area contributed by atoms with Gasteiger partial charge in [-0.2, -0.15) is 0 Å². The molecule has 0 aromatic rings. The molecule has 0 spiro atoms. The van der Waals surface area contributed by atoms with Crippen molar-refractivity contribution in [2.75, 3.05) is 7.11 Å². The van der Waals surface area contributed by atoms with Crippen molar-refractivity contribution in [3.05, 3.63) is 11.1 Å². The van der Waals surface area contributed by atoms with Gasteiger partial charge in [-0.15, -0.1) is 0 Å². The maximum Gasteiger partial charge on any atom is 0.341 e. The Balaban J connectivity index is 3.13. The molecule has 4 heteroatoms. The molecule has 1 unspecified atom stereocenters. The fourth-order valence-electron chi connectivity index (χ4n) is 1.38. The lowest BCUT2D eigenvalue weighted by Crippen LogP contribution is -2.22. The van der Waals surface area contributed by atoms with Crippen molar-refractivity contribution in [3.8, 4) is 0 Å². The number of rotatable bonds is 1. The van der Waals surface area contributed by atoms with Crippen LogP contribution >= 0.6 is 0 Å². The number of carbonyl (C=O) groups is 2. The highest BCUT2D eigenvalue weighted by Gasteiger charge is 2.41. The summed E-state index contributed by atoms with van der Waals surface area (Å²) in [7, 11) is 1.21. The Morgan fingerprint density at radius 1 is 1.62 bits per heavy atom. The maximum atomic E-state index is 11.3. The first-order valence-corrected chi connectivity index (χ1v) is 3.95. The summed E-state index contributed by atoms with van der Waals surface area (Å²) >= 11 is 0. The second-order valence-electron chi connectivity index (χ2n) is 3.37. The fourth-order valence-corrected chi connectivity index (χ4v) is 1.38.